The number of nitrogens with zero attached hydrogens (tertiary/aromatic N) is 1. The summed E-state index contributed by atoms with van der Waals surface area (Å²) in [6, 6.07) is 11.9. The van der Waals surface area contributed by atoms with Crippen LogP contribution in [-0.2, 0) is 10.0 Å². The van der Waals surface area contributed by atoms with Crippen LogP contribution in [0.4, 0.5) is 0 Å². The van der Waals surface area contributed by atoms with E-state index in [2.05, 4.69) is 5.32 Å². The van der Waals surface area contributed by atoms with E-state index in [1.807, 2.05) is 24.3 Å². The Bertz CT molecular complexity index is 931. The lowest BCUT2D eigenvalue weighted by molar-refractivity contribution is 0.171. The van der Waals surface area contributed by atoms with E-state index in [0.717, 1.165) is 5.56 Å². The summed E-state index contributed by atoms with van der Waals surface area (Å²) in [5.74, 6) is 1.71. The molecule has 0 spiro atoms. The zero-order valence-corrected chi connectivity index (χ0v) is 15.9. The van der Waals surface area contributed by atoms with Gasteiger partial charge in [-0.15, -0.1) is 0 Å². The third kappa shape index (κ3) is 3.36. The Balaban J connectivity index is 1.72. The van der Waals surface area contributed by atoms with Crippen LogP contribution < -0.4 is 19.5 Å². The number of rotatable bonds is 4. The number of nitrogens with one attached hydrogen (secondary N) is 1. The highest BCUT2D eigenvalue weighted by molar-refractivity contribution is 7.89. The molecule has 1 N–H and O–H groups in total. The molecule has 0 saturated carbocycles. The van der Waals surface area contributed by atoms with Gasteiger partial charge in [0.15, 0.2) is 11.5 Å². The molecule has 2 heterocycles. The van der Waals surface area contributed by atoms with E-state index in [-0.39, 0.29) is 10.9 Å². The van der Waals surface area contributed by atoms with Crippen molar-refractivity contribution in [3.8, 4) is 17.2 Å². The maximum Gasteiger partial charge on any atom is 0.243 e. The van der Waals surface area contributed by atoms with Crippen LogP contribution in [0.3, 0.4) is 0 Å². The second kappa shape index (κ2) is 7.38. The second-order valence-corrected chi connectivity index (χ2v) is 8.27. The van der Waals surface area contributed by atoms with Crippen molar-refractivity contribution < 1.29 is 22.6 Å². The number of para-hydroxylation sites is 1. The van der Waals surface area contributed by atoms with Crippen LogP contribution >= 0.6 is 0 Å². The first-order chi connectivity index (χ1) is 13.1. The van der Waals surface area contributed by atoms with Gasteiger partial charge in [-0.3, -0.25) is 0 Å². The number of hydrogen-bond acceptors (Lipinski definition) is 6. The van der Waals surface area contributed by atoms with Gasteiger partial charge in [-0.2, -0.15) is 4.31 Å². The Labute approximate surface area is 158 Å². The standard InChI is InChI=1S/C19H22N2O5S/c1-24-17-5-3-2-4-15(17)16-13-20-8-9-21(16)27(22,23)14-6-7-18-19(12-14)26-11-10-25-18/h2-7,12,16,20H,8-11,13H2,1H3. The average Bonchev–Trinajstić information content (AvgIpc) is 2.73. The van der Waals surface area contributed by atoms with Gasteiger partial charge in [0.25, 0.3) is 0 Å². The quantitative estimate of drug-likeness (QED) is 0.858. The Morgan fingerprint density at radius 2 is 1.89 bits per heavy atom. The van der Waals surface area contributed by atoms with Gasteiger partial charge in [0.05, 0.1) is 18.0 Å². The summed E-state index contributed by atoms with van der Waals surface area (Å²) in [4.78, 5) is 0.202. The summed E-state index contributed by atoms with van der Waals surface area (Å²) in [5.41, 5.74) is 0.841. The molecular weight excluding hydrogens is 368 g/mol. The lowest BCUT2D eigenvalue weighted by Crippen LogP contribution is -2.48. The molecule has 2 aromatic rings. The Morgan fingerprint density at radius 3 is 2.70 bits per heavy atom. The molecule has 0 amide bonds. The molecule has 0 bridgehead atoms. The van der Waals surface area contributed by atoms with Gasteiger partial charge in [0.2, 0.25) is 10.0 Å². The third-order valence-electron chi connectivity index (χ3n) is 4.81. The highest BCUT2D eigenvalue weighted by Crippen LogP contribution is 2.37. The number of hydrogen-bond donors (Lipinski definition) is 1. The van der Waals surface area contributed by atoms with E-state index in [4.69, 9.17) is 14.2 Å². The fourth-order valence-electron chi connectivity index (χ4n) is 3.50. The van der Waals surface area contributed by atoms with Gasteiger partial charge in [-0.25, -0.2) is 8.42 Å². The molecule has 4 rings (SSSR count). The van der Waals surface area contributed by atoms with Crippen LogP contribution in [0.2, 0.25) is 0 Å². The van der Waals surface area contributed by atoms with Crippen molar-refractivity contribution in [2.75, 3.05) is 40.0 Å². The Morgan fingerprint density at radius 1 is 1.11 bits per heavy atom. The molecule has 2 aromatic carbocycles. The molecule has 0 aromatic heterocycles. The van der Waals surface area contributed by atoms with Gasteiger partial charge < -0.3 is 19.5 Å². The molecule has 2 aliphatic heterocycles. The molecule has 7 nitrogen and oxygen atoms in total. The second-order valence-electron chi connectivity index (χ2n) is 6.38. The van der Waals surface area contributed by atoms with Crippen molar-refractivity contribution in [1.29, 1.82) is 0 Å². The molecule has 1 saturated heterocycles. The number of benzene rings is 2. The summed E-state index contributed by atoms with van der Waals surface area (Å²) in [6.07, 6.45) is 0. The molecule has 0 radical (unpaired) electrons. The van der Waals surface area contributed by atoms with Crippen LogP contribution in [0.25, 0.3) is 0 Å². The molecule has 8 heteroatoms. The molecule has 0 aliphatic carbocycles. The largest absolute Gasteiger partial charge is 0.496 e. The van der Waals surface area contributed by atoms with E-state index in [9.17, 15) is 8.42 Å². The van der Waals surface area contributed by atoms with Crippen molar-refractivity contribution in [1.82, 2.24) is 9.62 Å². The van der Waals surface area contributed by atoms with Gasteiger partial charge in [-0.05, 0) is 18.2 Å². The predicted molar refractivity (Wildman–Crippen MR) is 99.9 cm³/mol. The minimum atomic E-state index is -3.72. The van der Waals surface area contributed by atoms with E-state index < -0.39 is 10.0 Å². The zero-order chi connectivity index (χ0) is 18.9. The molecule has 1 atom stereocenters. The molecule has 1 fully saturated rings. The lowest BCUT2D eigenvalue weighted by atomic mass is 10.0. The van der Waals surface area contributed by atoms with Crippen molar-refractivity contribution in [2.45, 2.75) is 10.9 Å². The fraction of sp³-hybridized carbons (Fsp3) is 0.368. The van der Waals surface area contributed by atoms with Crippen molar-refractivity contribution in [3.05, 3.63) is 48.0 Å². The maximum atomic E-state index is 13.4. The van der Waals surface area contributed by atoms with Crippen LogP contribution in [-0.4, -0.2) is 52.7 Å². The number of piperazine rings is 1. The normalized spacial score (nSPS) is 20.3. The van der Waals surface area contributed by atoms with E-state index in [1.165, 1.54) is 4.31 Å². The van der Waals surface area contributed by atoms with Crippen molar-refractivity contribution in [3.63, 3.8) is 0 Å². The highest BCUT2D eigenvalue weighted by atomic mass is 32.2. The summed E-state index contributed by atoms with van der Waals surface area (Å²) in [6.45, 7) is 2.36. The monoisotopic (exact) mass is 390 g/mol. The molecule has 144 valence electrons. The fourth-order valence-corrected chi connectivity index (χ4v) is 5.12. The predicted octanol–water partition coefficient (Wildman–Crippen LogP) is 1.80. The summed E-state index contributed by atoms with van der Waals surface area (Å²) < 4.78 is 44.9. The van der Waals surface area contributed by atoms with Crippen LogP contribution in [0.1, 0.15) is 11.6 Å². The first kappa shape index (κ1) is 18.1. The Kier molecular flexibility index (Phi) is 4.94. The van der Waals surface area contributed by atoms with Crippen LogP contribution in [0.15, 0.2) is 47.4 Å². The first-order valence-corrected chi connectivity index (χ1v) is 10.3. The molecular formula is C19H22N2O5S. The van der Waals surface area contributed by atoms with E-state index in [1.54, 1.807) is 25.3 Å². The number of fused-ring (bicyclic) bond motifs is 1. The number of ether oxygens (including phenoxy) is 3. The first-order valence-electron chi connectivity index (χ1n) is 8.86. The van der Waals surface area contributed by atoms with Crippen LogP contribution in [0.5, 0.6) is 17.2 Å². The lowest BCUT2D eigenvalue weighted by Gasteiger charge is -2.36. The summed E-state index contributed by atoms with van der Waals surface area (Å²) >= 11 is 0. The van der Waals surface area contributed by atoms with Crippen molar-refractivity contribution >= 4 is 10.0 Å². The number of sulfonamides is 1. The van der Waals surface area contributed by atoms with Gasteiger partial charge in [-0.1, -0.05) is 18.2 Å². The van der Waals surface area contributed by atoms with E-state index in [0.29, 0.717) is 50.1 Å². The average molecular weight is 390 g/mol. The number of methoxy groups -OCH3 is 1. The SMILES string of the molecule is COc1ccccc1C1CNCCN1S(=O)(=O)c1ccc2c(c1)OCCO2. The Hall–Kier alpha value is -2.29. The third-order valence-corrected chi connectivity index (χ3v) is 6.72. The minimum Gasteiger partial charge on any atom is -0.496 e. The summed E-state index contributed by atoms with van der Waals surface area (Å²) in [5, 5.41) is 3.28. The minimum absolute atomic E-state index is 0.202. The van der Waals surface area contributed by atoms with Gasteiger partial charge in [0, 0.05) is 31.3 Å². The molecule has 27 heavy (non-hydrogen) atoms. The van der Waals surface area contributed by atoms with Crippen LogP contribution in [0, 0.1) is 0 Å². The molecule has 2 aliphatic rings. The zero-order valence-electron chi connectivity index (χ0n) is 15.1. The topological polar surface area (TPSA) is 77.1 Å². The maximum absolute atomic E-state index is 13.4. The van der Waals surface area contributed by atoms with Crippen molar-refractivity contribution in [2.24, 2.45) is 0 Å². The highest BCUT2D eigenvalue weighted by Gasteiger charge is 2.36. The van der Waals surface area contributed by atoms with Gasteiger partial charge in [0.1, 0.15) is 19.0 Å². The molecule has 1 unspecified atom stereocenters. The summed E-state index contributed by atoms with van der Waals surface area (Å²) in [7, 11) is -2.12. The smallest absolute Gasteiger partial charge is 0.243 e. The van der Waals surface area contributed by atoms with E-state index >= 15 is 0 Å². The van der Waals surface area contributed by atoms with Gasteiger partial charge >= 0.3 is 0 Å².